The molecule has 0 fully saturated rings. The SMILES string of the molecule is CCOC1=NC=CC(=C=O)C1CS(C)=O. The Morgan fingerprint density at radius 1 is 1.67 bits per heavy atom. The molecule has 15 heavy (non-hydrogen) atoms. The first kappa shape index (κ1) is 11.9. The molecular weight excluding hydrogens is 214 g/mol. The van der Waals surface area contributed by atoms with Gasteiger partial charge in [0.25, 0.3) is 0 Å². The van der Waals surface area contributed by atoms with E-state index in [1.807, 2.05) is 12.9 Å². The molecule has 1 aliphatic heterocycles. The fourth-order valence-electron chi connectivity index (χ4n) is 1.32. The third-order valence-corrected chi connectivity index (χ3v) is 2.74. The molecule has 0 amide bonds. The molecule has 0 radical (unpaired) electrons. The van der Waals surface area contributed by atoms with Crippen molar-refractivity contribution < 1.29 is 13.7 Å². The van der Waals surface area contributed by atoms with Gasteiger partial charge >= 0.3 is 0 Å². The Kier molecular flexibility index (Phi) is 4.46. The molecule has 2 unspecified atom stereocenters. The third-order valence-electron chi connectivity index (χ3n) is 1.94. The van der Waals surface area contributed by atoms with Crippen molar-refractivity contribution in [3.05, 3.63) is 17.8 Å². The van der Waals surface area contributed by atoms with E-state index in [0.29, 0.717) is 23.8 Å². The highest BCUT2D eigenvalue weighted by molar-refractivity contribution is 7.84. The van der Waals surface area contributed by atoms with Crippen LogP contribution in [0.15, 0.2) is 22.8 Å². The molecule has 1 aliphatic rings. The van der Waals surface area contributed by atoms with E-state index in [9.17, 15) is 9.00 Å². The van der Waals surface area contributed by atoms with E-state index < -0.39 is 10.8 Å². The first-order valence-corrected chi connectivity index (χ1v) is 6.33. The number of ether oxygens (including phenoxy) is 1. The fourth-order valence-corrected chi connectivity index (χ4v) is 2.11. The van der Waals surface area contributed by atoms with Crippen LogP contribution in [0.2, 0.25) is 0 Å². The number of hydrogen-bond acceptors (Lipinski definition) is 4. The smallest absolute Gasteiger partial charge is 0.197 e. The van der Waals surface area contributed by atoms with E-state index in [-0.39, 0.29) is 5.92 Å². The maximum atomic E-state index is 11.2. The summed E-state index contributed by atoms with van der Waals surface area (Å²) in [6.07, 6.45) is 4.66. The minimum atomic E-state index is -1.00. The lowest BCUT2D eigenvalue weighted by Gasteiger charge is -2.19. The van der Waals surface area contributed by atoms with Crippen LogP contribution in [0.1, 0.15) is 6.92 Å². The Labute approximate surface area is 91.2 Å². The Morgan fingerprint density at radius 3 is 2.93 bits per heavy atom. The monoisotopic (exact) mass is 227 g/mol. The maximum absolute atomic E-state index is 11.2. The topological polar surface area (TPSA) is 55.7 Å². The fraction of sp³-hybridized carbons (Fsp3) is 0.500. The van der Waals surface area contributed by atoms with E-state index in [1.165, 1.54) is 6.20 Å². The Bertz CT molecular complexity index is 367. The predicted molar refractivity (Wildman–Crippen MR) is 59.8 cm³/mol. The summed E-state index contributed by atoms with van der Waals surface area (Å²) in [6.45, 7) is 2.32. The summed E-state index contributed by atoms with van der Waals surface area (Å²) in [5, 5.41) is 0. The van der Waals surface area contributed by atoms with Crippen molar-refractivity contribution in [2.75, 3.05) is 18.6 Å². The standard InChI is InChI=1S/C10H13NO3S/c1-3-14-10-9(7-15(2)13)8(6-12)4-5-11-10/h4-5,9H,3,7H2,1-2H3. The molecule has 0 saturated carbocycles. The Balaban J connectivity index is 2.92. The number of nitrogens with zero attached hydrogens (tertiary/aromatic N) is 1. The van der Waals surface area contributed by atoms with Crippen LogP contribution in [0.5, 0.6) is 0 Å². The normalized spacial score (nSPS) is 21.9. The van der Waals surface area contributed by atoms with Crippen molar-refractivity contribution in [2.45, 2.75) is 6.92 Å². The lowest BCUT2D eigenvalue weighted by atomic mass is 10.0. The molecule has 0 saturated heterocycles. The molecule has 5 heteroatoms. The van der Waals surface area contributed by atoms with Crippen LogP contribution in [-0.2, 0) is 20.3 Å². The van der Waals surface area contributed by atoms with Crippen LogP contribution < -0.4 is 0 Å². The molecule has 0 N–H and O–H groups in total. The van der Waals surface area contributed by atoms with E-state index in [1.54, 1.807) is 12.3 Å². The third kappa shape index (κ3) is 3.15. The predicted octanol–water partition coefficient (Wildman–Crippen LogP) is 0.701. The van der Waals surface area contributed by atoms with Crippen molar-refractivity contribution in [3.63, 3.8) is 0 Å². The zero-order valence-corrected chi connectivity index (χ0v) is 9.54. The molecule has 1 heterocycles. The first-order chi connectivity index (χ1) is 7.19. The summed E-state index contributed by atoms with van der Waals surface area (Å²) < 4.78 is 16.4. The van der Waals surface area contributed by atoms with Crippen LogP contribution in [0.3, 0.4) is 0 Å². The largest absolute Gasteiger partial charge is 0.481 e. The van der Waals surface area contributed by atoms with Gasteiger partial charge in [0, 0.05) is 29.0 Å². The summed E-state index contributed by atoms with van der Waals surface area (Å²) in [7, 11) is -1.00. The zero-order valence-electron chi connectivity index (χ0n) is 8.73. The van der Waals surface area contributed by atoms with Gasteiger partial charge in [0.15, 0.2) is 5.90 Å². The van der Waals surface area contributed by atoms with Gasteiger partial charge in [0.2, 0.25) is 0 Å². The number of carbonyl (C=O) groups excluding carboxylic acids is 1. The van der Waals surface area contributed by atoms with Gasteiger partial charge in [0.1, 0.15) is 5.94 Å². The van der Waals surface area contributed by atoms with Gasteiger partial charge in [-0.3, -0.25) is 4.21 Å². The molecule has 0 aromatic heterocycles. The van der Waals surface area contributed by atoms with Gasteiger partial charge < -0.3 is 4.74 Å². The van der Waals surface area contributed by atoms with Crippen LogP contribution in [0, 0.1) is 5.92 Å². The van der Waals surface area contributed by atoms with Gasteiger partial charge in [-0.15, -0.1) is 0 Å². The van der Waals surface area contributed by atoms with Gasteiger partial charge in [-0.2, -0.15) is 0 Å². The number of rotatable bonds is 3. The van der Waals surface area contributed by atoms with Crippen molar-refractivity contribution in [3.8, 4) is 0 Å². The lowest BCUT2D eigenvalue weighted by Crippen LogP contribution is -2.26. The first-order valence-electron chi connectivity index (χ1n) is 4.61. The second-order valence-electron chi connectivity index (χ2n) is 3.07. The molecule has 0 spiro atoms. The van der Waals surface area contributed by atoms with Crippen molar-refractivity contribution >= 4 is 22.6 Å². The summed E-state index contributed by atoms with van der Waals surface area (Å²) in [5.74, 6) is 2.30. The second kappa shape index (κ2) is 5.63. The van der Waals surface area contributed by atoms with E-state index >= 15 is 0 Å². The zero-order chi connectivity index (χ0) is 11.3. The summed E-state index contributed by atoms with van der Waals surface area (Å²) in [4.78, 5) is 14.7. The Morgan fingerprint density at radius 2 is 2.40 bits per heavy atom. The van der Waals surface area contributed by atoms with Crippen LogP contribution in [0.25, 0.3) is 0 Å². The quantitative estimate of drug-likeness (QED) is 0.667. The average molecular weight is 227 g/mol. The van der Waals surface area contributed by atoms with Crippen LogP contribution >= 0.6 is 0 Å². The van der Waals surface area contributed by atoms with Gasteiger partial charge in [-0.05, 0) is 13.0 Å². The average Bonchev–Trinajstić information content (AvgIpc) is 2.20. The second-order valence-corrected chi connectivity index (χ2v) is 4.55. The molecule has 0 aromatic carbocycles. The number of aliphatic imine (C=N–C) groups is 1. The number of hydrogen-bond donors (Lipinski definition) is 0. The Hall–Kier alpha value is -1.19. The minimum Gasteiger partial charge on any atom is -0.481 e. The molecule has 4 nitrogen and oxygen atoms in total. The van der Waals surface area contributed by atoms with Gasteiger partial charge in [-0.1, -0.05) is 0 Å². The summed E-state index contributed by atoms with van der Waals surface area (Å²) >= 11 is 0. The van der Waals surface area contributed by atoms with E-state index in [4.69, 9.17) is 4.74 Å². The molecule has 2 atom stereocenters. The van der Waals surface area contributed by atoms with Gasteiger partial charge in [0.05, 0.1) is 18.1 Å². The van der Waals surface area contributed by atoms with Gasteiger partial charge in [-0.25, -0.2) is 9.79 Å². The molecular formula is C10H13NO3S. The lowest BCUT2D eigenvalue weighted by molar-refractivity contribution is 0.309. The number of allylic oxidation sites excluding steroid dienone is 1. The molecule has 0 aliphatic carbocycles. The van der Waals surface area contributed by atoms with Crippen molar-refractivity contribution in [1.82, 2.24) is 0 Å². The maximum Gasteiger partial charge on any atom is 0.197 e. The highest BCUT2D eigenvalue weighted by Gasteiger charge is 2.25. The molecule has 82 valence electrons. The van der Waals surface area contributed by atoms with E-state index in [2.05, 4.69) is 4.99 Å². The highest BCUT2D eigenvalue weighted by atomic mass is 32.2. The van der Waals surface area contributed by atoms with E-state index in [0.717, 1.165) is 0 Å². The molecule has 0 bridgehead atoms. The van der Waals surface area contributed by atoms with Crippen molar-refractivity contribution in [1.29, 1.82) is 0 Å². The molecule has 0 aromatic rings. The molecule has 1 rings (SSSR count). The minimum absolute atomic E-state index is 0.321. The summed E-state index contributed by atoms with van der Waals surface area (Å²) in [5.41, 5.74) is 0.448. The van der Waals surface area contributed by atoms with Crippen molar-refractivity contribution in [2.24, 2.45) is 10.9 Å². The summed E-state index contributed by atoms with van der Waals surface area (Å²) in [6, 6.07) is 0. The highest BCUT2D eigenvalue weighted by Crippen LogP contribution is 2.18. The van der Waals surface area contributed by atoms with Crippen LogP contribution in [0.4, 0.5) is 0 Å². The van der Waals surface area contributed by atoms with Crippen LogP contribution in [-0.4, -0.2) is 34.7 Å².